The molecule has 1 aromatic heterocycles. The molecule has 1 saturated carbocycles. The predicted molar refractivity (Wildman–Crippen MR) is 82.7 cm³/mol. The number of halogens is 2. The minimum Gasteiger partial charge on any atom is -0.494 e. The van der Waals surface area contributed by atoms with Crippen molar-refractivity contribution in [2.75, 3.05) is 30.8 Å². The summed E-state index contributed by atoms with van der Waals surface area (Å²) < 4.78 is 5.41. The summed E-state index contributed by atoms with van der Waals surface area (Å²) in [6.45, 7) is 2.27. The molecule has 1 aliphatic carbocycles. The second-order valence-electron chi connectivity index (χ2n) is 5.23. The molecule has 2 N–H and O–H groups in total. The third kappa shape index (κ3) is 3.18. The fourth-order valence-corrected chi connectivity index (χ4v) is 3.25. The monoisotopic (exact) mass is 305 g/mol. The first kappa shape index (κ1) is 16.2. The van der Waals surface area contributed by atoms with Crippen LogP contribution in [0.4, 0.5) is 11.5 Å². The highest BCUT2D eigenvalue weighted by Gasteiger charge is 2.33. The number of aromatic nitrogens is 1. The standard InChI is InChI=1S/C13H19N3O.2ClH/c1-17-12-5-13(14)15-6-11(12)16-7-9-2-3-10(4-9)8-16;;/h5-6,9-10H,2-4,7-8H2,1H3,(H2,14,15);2*1H. The number of nitrogen functional groups attached to an aromatic ring is 1. The summed E-state index contributed by atoms with van der Waals surface area (Å²) in [6.07, 6.45) is 6.01. The van der Waals surface area contributed by atoms with Crippen molar-refractivity contribution in [3.05, 3.63) is 12.3 Å². The van der Waals surface area contributed by atoms with Crippen molar-refractivity contribution in [2.24, 2.45) is 11.8 Å². The van der Waals surface area contributed by atoms with E-state index in [0.717, 1.165) is 36.4 Å². The lowest BCUT2D eigenvalue weighted by Gasteiger charge is -2.34. The van der Waals surface area contributed by atoms with Crippen molar-refractivity contribution in [2.45, 2.75) is 19.3 Å². The zero-order valence-electron chi connectivity index (χ0n) is 11.0. The maximum Gasteiger partial charge on any atom is 0.147 e. The first-order valence-electron chi connectivity index (χ1n) is 6.30. The van der Waals surface area contributed by atoms with E-state index in [-0.39, 0.29) is 24.8 Å². The van der Waals surface area contributed by atoms with Crippen molar-refractivity contribution in [3.63, 3.8) is 0 Å². The van der Waals surface area contributed by atoms with Gasteiger partial charge in [0.15, 0.2) is 0 Å². The number of hydrogen-bond donors (Lipinski definition) is 1. The van der Waals surface area contributed by atoms with E-state index in [0.29, 0.717) is 5.82 Å². The zero-order valence-corrected chi connectivity index (χ0v) is 12.7. The van der Waals surface area contributed by atoms with Crippen molar-refractivity contribution in [1.29, 1.82) is 0 Å². The third-order valence-corrected chi connectivity index (χ3v) is 4.03. The molecular weight excluding hydrogens is 285 g/mol. The number of nitrogens with two attached hydrogens (primary N) is 1. The van der Waals surface area contributed by atoms with E-state index in [1.54, 1.807) is 7.11 Å². The molecule has 2 bridgehead atoms. The van der Waals surface area contributed by atoms with Crippen LogP contribution in [0.15, 0.2) is 12.3 Å². The van der Waals surface area contributed by atoms with Crippen molar-refractivity contribution in [3.8, 4) is 5.75 Å². The molecule has 0 radical (unpaired) electrons. The minimum atomic E-state index is 0. The van der Waals surface area contributed by atoms with Gasteiger partial charge in [-0.25, -0.2) is 4.98 Å². The average molecular weight is 306 g/mol. The normalized spacial score (nSPS) is 24.4. The second kappa shape index (κ2) is 6.53. The molecule has 0 aromatic carbocycles. The molecule has 0 spiro atoms. The Hall–Kier alpha value is -0.870. The van der Waals surface area contributed by atoms with Gasteiger partial charge in [0.25, 0.3) is 0 Å². The molecule has 3 rings (SSSR count). The Morgan fingerprint density at radius 3 is 2.47 bits per heavy atom. The highest BCUT2D eigenvalue weighted by molar-refractivity contribution is 5.85. The van der Waals surface area contributed by atoms with Gasteiger partial charge >= 0.3 is 0 Å². The topological polar surface area (TPSA) is 51.4 Å². The smallest absolute Gasteiger partial charge is 0.147 e. The van der Waals surface area contributed by atoms with Crippen LogP contribution in [0.1, 0.15) is 19.3 Å². The molecule has 2 aliphatic rings. The third-order valence-electron chi connectivity index (χ3n) is 4.03. The summed E-state index contributed by atoms with van der Waals surface area (Å²) in [4.78, 5) is 6.60. The van der Waals surface area contributed by atoms with Gasteiger partial charge < -0.3 is 15.4 Å². The first-order valence-corrected chi connectivity index (χ1v) is 6.30. The summed E-state index contributed by atoms with van der Waals surface area (Å²) in [5.74, 6) is 3.08. The van der Waals surface area contributed by atoms with Gasteiger partial charge in [-0.1, -0.05) is 0 Å². The summed E-state index contributed by atoms with van der Waals surface area (Å²) in [7, 11) is 1.69. The van der Waals surface area contributed by atoms with Gasteiger partial charge in [-0.05, 0) is 31.1 Å². The fraction of sp³-hybridized carbons (Fsp3) is 0.615. The summed E-state index contributed by atoms with van der Waals surface area (Å²) in [6, 6.07) is 1.81. The Bertz CT molecular complexity index is 418. The molecule has 1 aromatic rings. The number of rotatable bonds is 2. The van der Waals surface area contributed by atoms with E-state index >= 15 is 0 Å². The van der Waals surface area contributed by atoms with E-state index < -0.39 is 0 Å². The molecule has 2 heterocycles. The molecule has 1 saturated heterocycles. The van der Waals surface area contributed by atoms with E-state index in [9.17, 15) is 0 Å². The molecule has 0 amide bonds. The summed E-state index contributed by atoms with van der Waals surface area (Å²) in [5, 5.41) is 0. The number of ether oxygens (including phenoxy) is 1. The van der Waals surface area contributed by atoms with E-state index in [1.807, 2.05) is 12.3 Å². The Morgan fingerprint density at radius 2 is 1.89 bits per heavy atom. The zero-order chi connectivity index (χ0) is 11.8. The molecule has 1 aliphatic heterocycles. The minimum absolute atomic E-state index is 0. The van der Waals surface area contributed by atoms with E-state index in [4.69, 9.17) is 10.5 Å². The van der Waals surface area contributed by atoms with Gasteiger partial charge in [0, 0.05) is 19.2 Å². The molecular formula is C13H21Cl2N3O. The number of pyridine rings is 1. The van der Waals surface area contributed by atoms with Crippen LogP contribution in [0.5, 0.6) is 5.75 Å². The Balaban J connectivity index is 0.000000902. The molecule has 6 heteroatoms. The van der Waals surface area contributed by atoms with Crippen LogP contribution in [0.25, 0.3) is 0 Å². The molecule has 19 heavy (non-hydrogen) atoms. The second-order valence-corrected chi connectivity index (χ2v) is 5.23. The van der Waals surface area contributed by atoms with Crippen molar-refractivity contribution >= 4 is 36.3 Å². The van der Waals surface area contributed by atoms with Crippen LogP contribution in [-0.2, 0) is 0 Å². The van der Waals surface area contributed by atoms with E-state index in [2.05, 4.69) is 9.88 Å². The summed E-state index contributed by atoms with van der Waals surface area (Å²) >= 11 is 0. The van der Waals surface area contributed by atoms with Crippen LogP contribution in [0.2, 0.25) is 0 Å². The average Bonchev–Trinajstić information content (AvgIpc) is 2.68. The van der Waals surface area contributed by atoms with Crippen LogP contribution >= 0.6 is 24.8 Å². The first-order chi connectivity index (χ1) is 8.26. The molecule has 108 valence electrons. The molecule has 4 nitrogen and oxygen atoms in total. The number of methoxy groups -OCH3 is 1. The van der Waals surface area contributed by atoms with Crippen molar-refractivity contribution < 1.29 is 4.74 Å². The van der Waals surface area contributed by atoms with Crippen LogP contribution in [-0.4, -0.2) is 25.2 Å². The van der Waals surface area contributed by atoms with Gasteiger partial charge in [-0.2, -0.15) is 0 Å². The van der Waals surface area contributed by atoms with Gasteiger partial charge in [-0.3, -0.25) is 0 Å². The molecule has 2 unspecified atom stereocenters. The van der Waals surface area contributed by atoms with Crippen LogP contribution in [0, 0.1) is 11.8 Å². The Labute approximate surface area is 126 Å². The van der Waals surface area contributed by atoms with Gasteiger partial charge in [0.2, 0.25) is 0 Å². The Morgan fingerprint density at radius 1 is 1.26 bits per heavy atom. The van der Waals surface area contributed by atoms with Gasteiger partial charge in [0.05, 0.1) is 19.0 Å². The Kier molecular flexibility index (Phi) is 5.56. The SMILES string of the molecule is COc1cc(N)ncc1N1CC2CCC(C2)C1.Cl.Cl. The highest BCUT2D eigenvalue weighted by atomic mass is 35.5. The highest BCUT2D eigenvalue weighted by Crippen LogP contribution is 2.40. The lowest BCUT2D eigenvalue weighted by molar-refractivity contribution is 0.396. The predicted octanol–water partition coefficient (Wildman–Crippen LogP) is 2.75. The van der Waals surface area contributed by atoms with E-state index in [1.165, 1.54) is 19.3 Å². The molecule has 2 atom stereocenters. The number of fused-ring (bicyclic) bond motifs is 2. The maximum atomic E-state index is 5.69. The lowest BCUT2D eigenvalue weighted by atomic mass is 9.98. The summed E-state index contributed by atoms with van der Waals surface area (Å²) in [5.41, 5.74) is 6.79. The lowest BCUT2D eigenvalue weighted by Crippen LogP contribution is -2.36. The van der Waals surface area contributed by atoms with Crippen LogP contribution < -0.4 is 15.4 Å². The maximum absolute atomic E-state index is 5.69. The number of piperidine rings is 1. The number of nitrogens with zero attached hydrogens (tertiary/aromatic N) is 2. The number of hydrogen-bond acceptors (Lipinski definition) is 4. The van der Waals surface area contributed by atoms with Gasteiger partial charge in [-0.15, -0.1) is 24.8 Å². The molecule has 2 fully saturated rings. The van der Waals surface area contributed by atoms with Crippen molar-refractivity contribution in [1.82, 2.24) is 4.98 Å². The largest absolute Gasteiger partial charge is 0.494 e. The quantitative estimate of drug-likeness (QED) is 0.913. The number of anilines is 2. The van der Waals surface area contributed by atoms with Gasteiger partial charge in [0.1, 0.15) is 11.6 Å². The fourth-order valence-electron chi connectivity index (χ4n) is 3.25. The van der Waals surface area contributed by atoms with Crippen LogP contribution in [0.3, 0.4) is 0 Å².